The van der Waals surface area contributed by atoms with Crippen LogP contribution < -0.4 is 4.90 Å². The summed E-state index contributed by atoms with van der Waals surface area (Å²) in [6.07, 6.45) is 1.82. The monoisotopic (exact) mass is 518 g/mol. The summed E-state index contributed by atoms with van der Waals surface area (Å²) in [6.45, 7) is 2.97. The summed E-state index contributed by atoms with van der Waals surface area (Å²) in [4.78, 5) is 13.7. The van der Waals surface area contributed by atoms with Gasteiger partial charge < -0.3 is 19.5 Å². The van der Waals surface area contributed by atoms with Crippen LogP contribution in [-0.2, 0) is 30.8 Å². The van der Waals surface area contributed by atoms with Crippen LogP contribution in [-0.4, -0.2) is 61.4 Å². The predicted octanol–water partition coefficient (Wildman–Crippen LogP) is 3.68. The zero-order chi connectivity index (χ0) is 25.5. The average Bonchev–Trinajstić information content (AvgIpc) is 3.30. The van der Waals surface area contributed by atoms with Crippen LogP contribution in [0.15, 0.2) is 48.5 Å². The van der Waals surface area contributed by atoms with Crippen LogP contribution in [0.5, 0.6) is 0 Å². The molecule has 0 saturated carbocycles. The van der Waals surface area contributed by atoms with Gasteiger partial charge in [0.2, 0.25) is 10.0 Å². The second-order valence-electron chi connectivity index (χ2n) is 9.80. The lowest BCUT2D eigenvalue weighted by Gasteiger charge is -2.42. The van der Waals surface area contributed by atoms with E-state index in [1.165, 1.54) is 10.4 Å². The number of carboxylic acids is 1. The Balaban J connectivity index is 1.37. The summed E-state index contributed by atoms with van der Waals surface area (Å²) >= 11 is 0. The summed E-state index contributed by atoms with van der Waals surface area (Å²) in [5.41, 5.74) is 1.43. The Morgan fingerprint density at radius 1 is 1.14 bits per heavy atom. The largest absolute Gasteiger partial charge is 0.480 e. The minimum Gasteiger partial charge on any atom is -0.480 e. The van der Waals surface area contributed by atoms with Crippen molar-refractivity contribution in [2.45, 2.75) is 62.3 Å². The number of rotatable bonds is 5. The van der Waals surface area contributed by atoms with Gasteiger partial charge >= 0.3 is 5.97 Å². The van der Waals surface area contributed by atoms with Crippen molar-refractivity contribution >= 4 is 21.7 Å². The minimum atomic E-state index is -3.69. The van der Waals surface area contributed by atoms with Crippen LogP contribution >= 0.6 is 0 Å². The molecule has 3 atom stereocenters. The third kappa shape index (κ3) is 4.63. The highest BCUT2D eigenvalue weighted by Crippen LogP contribution is 2.40. The Morgan fingerprint density at radius 3 is 2.53 bits per heavy atom. The van der Waals surface area contributed by atoms with Crippen molar-refractivity contribution in [1.82, 2.24) is 4.31 Å². The molecule has 3 saturated heterocycles. The van der Waals surface area contributed by atoms with Gasteiger partial charge in [-0.3, -0.25) is 0 Å². The fraction of sp³-hybridized carbons (Fsp3) is 0.500. The maximum Gasteiger partial charge on any atom is 0.326 e. The van der Waals surface area contributed by atoms with Gasteiger partial charge in [-0.1, -0.05) is 36.4 Å². The SMILES string of the molecule is C[C@H]1CC[C@H](c2ccccc2)S(=O)(=O)N1Cc1ccc(N2CCC3(C[C@@H]2C(=O)O)OCCO3)cc1F. The first-order valence-corrected chi connectivity index (χ1v) is 13.8. The molecule has 0 unspecified atom stereocenters. The van der Waals surface area contributed by atoms with E-state index in [4.69, 9.17) is 9.47 Å². The molecule has 36 heavy (non-hydrogen) atoms. The van der Waals surface area contributed by atoms with Crippen LogP contribution in [0, 0.1) is 5.82 Å². The van der Waals surface area contributed by atoms with E-state index < -0.39 is 38.9 Å². The summed E-state index contributed by atoms with van der Waals surface area (Å²) in [6, 6.07) is 12.5. The number of sulfonamides is 1. The Morgan fingerprint density at radius 2 is 1.86 bits per heavy atom. The van der Waals surface area contributed by atoms with E-state index in [-0.39, 0.29) is 24.6 Å². The summed E-state index contributed by atoms with van der Waals surface area (Å²) in [5.74, 6) is -2.49. The number of nitrogens with zero attached hydrogens (tertiary/aromatic N) is 2. The molecule has 0 radical (unpaired) electrons. The van der Waals surface area contributed by atoms with Gasteiger partial charge in [-0.05, 0) is 37.5 Å². The number of piperidine rings is 1. The highest BCUT2D eigenvalue weighted by atomic mass is 32.2. The first-order valence-electron chi connectivity index (χ1n) is 12.3. The molecular formula is C26H31FN2O6S. The number of carbonyl (C=O) groups is 1. The molecule has 3 aliphatic heterocycles. The smallest absolute Gasteiger partial charge is 0.326 e. The molecule has 8 nitrogen and oxygen atoms in total. The van der Waals surface area contributed by atoms with Gasteiger partial charge in [0, 0.05) is 43.2 Å². The Hall–Kier alpha value is -2.53. The second kappa shape index (κ2) is 9.74. The third-order valence-corrected chi connectivity index (χ3v) is 9.97. The number of anilines is 1. The Bertz CT molecular complexity index is 1220. The van der Waals surface area contributed by atoms with Gasteiger partial charge in [0.25, 0.3) is 0 Å². The lowest BCUT2D eigenvalue weighted by molar-refractivity contribution is -0.182. The first-order chi connectivity index (χ1) is 17.2. The van der Waals surface area contributed by atoms with E-state index in [0.717, 1.165) is 5.56 Å². The molecule has 0 aliphatic carbocycles. The molecule has 2 aromatic carbocycles. The van der Waals surface area contributed by atoms with Crippen LogP contribution in [0.2, 0.25) is 0 Å². The fourth-order valence-electron chi connectivity index (χ4n) is 5.61. The summed E-state index contributed by atoms with van der Waals surface area (Å²) in [5, 5.41) is 9.18. The standard InChI is InChI=1S/C26H31FN2O6S/c1-18-7-10-24(19-5-3-2-4-6-19)36(32,33)29(18)17-20-8-9-21(15-22(20)27)28-12-11-26(34-13-14-35-26)16-23(28)25(30)31/h2-6,8-9,15,18,23-24H,7,10-14,16-17H2,1H3,(H,30,31)/t18-,23+,24+/m0/s1. The highest BCUT2D eigenvalue weighted by Gasteiger charge is 2.47. The maximum absolute atomic E-state index is 15.3. The number of carboxylic acid groups (broad SMARTS) is 1. The summed E-state index contributed by atoms with van der Waals surface area (Å²) < 4.78 is 55.1. The molecule has 10 heteroatoms. The molecule has 194 valence electrons. The number of ether oxygens (including phenoxy) is 2. The van der Waals surface area contributed by atoms with Crippen LogP contribution in [0.4, 0.5) is 10.1 Å². The highest BCUT2D eigenvalue weighted by molar-refractivity contribution is 7.89. The van der Waals surface area contributed by atoms with Crippen molar-refractivity contribution in [2.75, 3.05) is 24.7 Å². The molecule has 2 aromatic rings. The second-order valence-corrected chi connectivity index (χ2v) is 11.9. The van der Waals surface area contributed by atoms with Gasteiger partial charge in [-0.25, -0.2) is 17.6 Å². The molecule has 1 spiro atoms. The topological polar surface area (TPSA) is 96.4 Å². The average molecular weight is 519 g/mol. The van der Waals surface area contributed by atoms with Gasteiger partial charge in [0.15, 0.2) is 5.79 Å². The van der Waals surface area contributed by atoms with Gasteiger partial charge in [0.05, 0.1) is 13.2 Å². The van der Waals surface area contributed by atoms with Crippen molar-refractivity contribution in [3.63, 3.8) is 0 Å². The van der Waals surface area contributed by atoms with Crippen LogP contribution in [0.25, 0.3) is 0 Å². The van der Waals surface area contributed by atoms with E-state index >= 15 is 4.39 Å². The van der Waals surface area contributed by atoms with E-state index in [1.807, 2.05) is 37.3 Å². The van der Waals surface area contributed by atoms with Crippen LogP contribution in [0.3, 0.4) is 0 Å². The number of benzene rings is 2. The van der Waals surface area contributed by atoms with Crippen molar-refractivity contribution in [1.29, 1.82) is 0 Å². The maximum atomic E-state index is 15.3. The van der Waals surface area contributed by atoms with Crippen molar-refractivity contribution in [3.05, 3.63) is 65.5 Å². The number of hydrogen-bond acceptors (Lipinski definition) is 6. The predicted molar refractivity (Wildman–Crippen MR) is 131 cm³/mol. The van der Waals surface area contributed by atoms with E-state index in [9.17, 15) is 18.3 Å². The van der Waals surface area contributed by atoms with Gasteiger partial charge in [-0.2, -0.15) is 4.31 Å². The lowest BCUT2D eigenvalue weighted by Crippen LogP contribution is -2.54. The quantitative estimate of drug-likeness (QED) is 0.645. The molecule has 1 N–H and O–H groups in total. The Kier molecular flexibility index (Phi) is 6.80. The van der Waals surface area contributed by atoms with E-state index in [2.05, 4.69) is 0 Å². The molecule has 5 rings (SSSR count). The molecule has 0 aromatic heterocycles. The molecule has 3 heterocycles. The minimum absolute atomic E-state index is 0.0773. The lowest BCUT2D eigenvalue weighted by atomic mass is 9.95. The number of hydrogen-bond donors (Lipinski definition) is 1. The van der Waals surface area contributed by atoms with Crippen molar-refractivity contribution < 1.29 is 32.2 Å². The van der Waals surface area contributed by atoms with Gasteiger partial charge in [0.1, 0.15) is 17.1 Å². The molecular weight excluding hydrogens is 487 g/mol. The van der Waals surface area contributed by atoms with E-state index in [1.54, 1.807) is 17.0 Å². The normalized spacial score (nSPS) is 27.8. The zero-order valence-corrected chi connectivity index (χ0v) is 21.0. The third-order valence-electron chi connectivity index (χ3n) is 7.60. The molecule has 0 amide bonds. The van der Waals surface area contributed by atoms with Gasteiger partial charge in [-0.15, -0.1) is 0 Å². The molecule has 3 aliphatic rings. The van der Waals surface area contributed by atoms with Crippen LogP contribution in [0.1, 0.15) is 49.0 Å². The molecule has 0 bridgehead atoms. The van der Waals surface area contributed by atoms with Crippen molar-refractivity contribution in [2.24, 2.45) is 0 Å². The van der Waals surface area contributed by atoms with E-state index in [0.29, 0.717) is 44.7 Å². The number of aliphatic carboxylic acids is 1. The van der Waals surface area contributed by atoms with Crippen molar-refractivity contribution in [3.8, 4) is 0 Å². The Labute approximate surface area is 210 Å². The zero-order valence-electron chi connectivity index (χ0n) is 20.2. The fourth-order valence-corrected chi connectivity index (χ4v) is 7.79. The molecule has 3 fully saturated rings. The summed E-state index contributed by atoms with van der Waals surface area (Å²) in [7, 11) is -3.69. The number of halogens is 1. The first kappa shape index (κ1) is 25.1.